The molecule has 0 amide bonds. The molecule has 0 aliphatic carbocycles. The molecule has 0 aliphatic heterocycles. The van der Waals surface area contributed by atoms with Crippen molar-refractivity contribution in [2.45, 2.75) is 6.10 Å². The van der Waals surface area contributed by atoms with Crippen molar-refractivity contribution in [1.29, 1.82) is 0 Å². The molecule has 0 aliphatic rings. The number of aliphatic hydroxyl groups is 1. The Bertz CT molecular complexity index is 203. The number of methoxy groups -OCH3 is 1. The van der Waals surface area contributed by atoms with Crippen LogP contribution in [0.3, 0.4) is 0 Å². The summed E-state index contributed by atoms with van der Waals surface area (Å²) in [7, 11) is -0.739. The minimum Gasteiger partial charge on any atom is -0.389 e. The fourth-order valence-corrected chi connectivity index (χ4v) is 1.09. The van der Waals surface area contributed by atoms with Gasteiger partial charge in [-0.25, -0.2) is 4.72 Å². The number of aliphatic hydroxyl groups excluding tert-OH is 1. The molecule has 0 saturated heterocycles. The average molecular weight is 198 g/mol. The maximum Gasteiger partial charge on any atom is 0.276 e. The summed E-state index contributed by atoms with van der Waals surface area (Å²) in [6.45, 7) is 0.0449. The number of ether oxygens (including phenoxy) is 1. The second kappa shape index (κ2) is 5.44. The largest absolute Gasteiger partial charge is 0.389 e. The van der Waals surface area contributed by atoms with Crippen LogP contribution in [0.4, 0.5) is 0 Å². The summed E-state index contributed by atoms with van der Waals surface area (Å²) in [5, 5.41) is 9.03. The van der Waals surface area contributed by atoms with Gasteiger partial charge in [0, 0.05) is 20.7 Å². The first kappa shape index (κ1) is 11.8. The van der Waals surface area contributed by atoms with Crippen LogP contribution in [0.1, 0.15) is 0 Å². The third-order valence-electron chi connectivity index (χ3n) is 1.14. The highest BCUT2D eigenvalue weighted by atomic mass is 32.2. The first-order valence-corrected chi connectivity index (χ1v) is 4.85. The molecule has 1 unspecified atom stereocenters. The van der Waals surface area contributed by atoms with E-state index in [4.69, 9.17) is 5.11 Å². The van der Waals surface area contributed by atoms with E-state index in [2.05, 4.69) is 9.46 Å². The van der Waals surface area contributed by atoms with Gasteiger partial charge in [-0.2, -0.15) is 13.1 Å². The molecule has 3 N–H and O–H groups in total. The van der Waals surface area contributed by atoms with Crippen molar-refractivity contribution in [3.05, 3.63) is 0 Å². The van der Waals surface area contributed by atoms with Gasteiger partial charge in [-0.1, -0.05) is 0 Å². The van der Waals surface area contributed by atoms with Crippen LogP contribution in [-0.4, -0.2) is 46.9 Å². The molecule has 0 rings (SSSR count). The van der Waals surface area contributed by atoms with Gasteiger partial charge >= 0.3 is 0 Å². The van der Waals surface area contributed by atoms with Crippen LogP contribution in [0, 0.1) is 0 Å². The fourth-order valence-electron chi connectivity index (χ4n) is 0.529. The monoisotopic (exact) mass is 198 g/mol. The van der Waals surface area contributed by atoms with Gasteiger partial charge in [0.25, 0.3) is 10.2 Å². The first-order valence-electron chi connectivity index (χ1n) is 3.37. The van der Waals surface area contributed by atoms with E-state index in [1.165, 1.54) is 14.2 Å². The first-order chi connectivity index (χ1) is 5.52. The molecule has 0 bridgehead atoms. The lowest BCUT2D eigenvalue weighted by Gasteiger charge is -2.09. The minimum absolute atomic E-state index is 0.0585. The number of hydrogen-bond acceptors (Lipinski definition) is 4. The fraction of sp³-hybridized carbons (Fsp3) is 1.00. The van der Waals surface area contributed by atoms with Gasteiger partial charge in [-0.3, -0.25) is 0 Å². The quantitative estimate of drug-likeness (QED) is 0.463. The molecule has 0 heterocycles. The molecule has 1 atom stereocenters. The van der Waals surface area contributed by atoms with Crippen LogP contribution < -0.4 is 9.44 Å². The Hall–Kier alpha value is -0.210. The lowest BCUT2D eigenvalue weighted by Crippen LogP contribution is -2.39. The molecular weight excluding hydrogens is 184 g/mol. The zero-order valence-electron chi connectivity index (χ0n) is 7.07. The van der Waals surface area contributed by atoms with Crippen LogP contribution in [0.5, 0.6) is 0 Å². The molecule has 0 spiro atoms. The number of hydrogen-bond donors (Lipinski definition) is 3. The third kappa shape index (κ3) is 5.44. The summed E-state index contributed by atoms with van der Waals surface area (Å²) in [6, 6.07) is 0. The average Bonchev–Trinajstić information content (AvgIpc) is 2.02. The zero-order chi connectivity index (χ0) is 9.61. The maximum absolute atomic E-state index is 10.7. The second-order valence-electron chi connectivity index (χ2n) is 2.17. The molecule has 0 saturated carbocycles. The standard InChI is InChI=1S/C5H14N2O4S/c1-6-12(9,10)7-3-5(8)4-11-2/h5-8H,3-4H2,1-2H3. The van der Waals surface area contributed by atoms with Crippen molar-refractivity contribution in [1.82, 2.24) is 9.44 Å². The van der Waals surface area contributed by atoms with E-state index < -0.39 is 16.3 Å². The SMILES string of the molecule is CNS(=O)(=O)NCC(O)COC. The molecule has 7 heteroatoms. The highest BCUT2D eigenvalue weighted by molar-refractivity contribution is 7.87. The Balaban J connectivity index is 3.68. The number of nitrogens with one attached hydrogen (secondary N) is 2. The molecule has 74 valence electrons. The predicted octanol–water partition coefficient (Wildman–Crippen LogP) is -1.95. The zero-order valence-corrected chi connectivity index (χ0v) is 7.89. The lowest BCUT2D eigenvalue weighted by molar-refractivity contribution is 0.0679. The molecule has 6 nitrogen and oxygen atoms in total. The Morgan fingerprint density at radius 2 is 2.17 bits per heavy atom. The van der Waals surface area contributed by atoms with Crippen LogP contribution in [-0.2, 0) is 14.9 Å². The van der Waals surface area contributed by atoms with Crippen molar-refractivity contribution in [2.24, 2.45) is 0 Å². The Morgan fingerprint density at radius 3 is 2.58 bits per heavy atom. The molecule has 0 fully saturated rings. The van der Waals surface area contributed by atoms with Crippen LogP contribution in [0.2, 0.25) is 0 Å². The van der Waals surface area contributed by atoms with Crippen LogP contribution in [0.25, 0.3) is 0 Å². The molecule has 0 aromatic rings. The second-order valence-corrected chi connectivity index (χ2v) is 3.87. The number of rotatable bonds is 6. The van der Waals surface area contributed by atoms with E-state index in [0.717, 1.165) is 0 Å². The molecule has 0 aromatic heterocycles. The van der Waals surface area contributed by atoms with Crippen molar-refractivity contribution in [2.75, 3.05) is 27.3 Å². The summed E-state index contributed by atoms with van der Waals surface area (Å²) in [4.78, 5) is 0. The summed E-state index contributed by atoms with van der Waals surface area (Å²) in [5.74, 6) is 0. The summed E-state index contributed by atoms with van der Waals surface area (Å²) >= 11 is 0. The lowest BCUT2D eigenvalue weighted by atomic mass is 10.4. The smallest absolute Gasteiger partial charge is 0.276 e. The van der Waals surface area contributed by atoms with E-state index in [0.29, 0.717) is 0 Å². The van der Waals surface area contributed by atoms with Gasteiger partial charge in [-0.15, -0.1) is 0 Å². The Labute approximate surface area is 72.1 Å². The molecule has 0 aromatic carbocycles. The Morgan fingerprint density at radius 1 is 1.58 bits per heavy atom. The molecule has 12 heavy (non-hydrogen) atoms. The van der Waals surface area contributed by atoms with Crippen molar-refractivity contribution >= 4 is 10.2 Å². The van der Waals surface area contributed by atoms with Gasteiger partial charge in [0.2, 0.25) is 0 Å². The summed E-state index contributed by atoms with van der Waals surface area (Å²) < 4.78 is 30.2. The van der Waals surface area contributed by atoms with Crippen LogP contribution >= 0.6 is 0 Å². The Kier molecular flexibility index (Phi) is 5.34. The molecule has 0 radical (unpaired) electrons. The van der Waals surface area contributed by atoms with Crippen molar-refractivity contribution in [3.8, 4) is 0 Å². The van der Waals surface area contributed by atoms with Gasteiger partial charge < -0.3 is 9.84 Å². The van der Waals surface area contributed by atoms with Crippen molar-refractivity contribution < 1.29 is 18.3 Å². The van der Waals surface area contributed by atoms with Gasteiger partial charge in [0.15, 0.2) is 0 Å². The topological polar surface area (TPSA) is 87.7 Å². The van der Waals surface area contributed by atoms with E-state index in [1.807, 2.05) is 4.72 Å². The summed E-state index contributed by atoms with van der Waals surface area (Å²) in [6.07, 6.45) is -0.821. The molecular formula is C5H14N2O4S. The van der Waals surface area contributed by atoms with E-state index in [-0.39, 0.29) is 13.2 Å². The predicted molar refractivity (Wildman–Crippen MR) is 43.9 cm³/mol. The van der Waals surface area contributed by atoms with E-state index in [9.17, 15) is 8.42 Å². The van der Waals surface area contributed by atoms with E-state index >= 15 is 0 Å². The van der Waals surface area contributed by atoms with Crippen LogP contribution in [0.15, 0.2) is 0 Å². The maximum atomic E-state index is 10.7. The highest BCUT2D eigenvalue weighted by Crippen LogP contribution is 1.82. The van der Waals surface area contributed by atoms with Gasteiger partial charge in [0.1, 0.15) is 0 Å². The highest BCUT2D eigenvalue weighted by Gasteiger charge is 2.09. The van der Waals surface area contributed by atoms with Gasteiger partial charge in [-0.05, 0) is 0 Å². The summed E-state index contributed by atoms with van der Waals surface area (Å²) in [5.41, 5.74) is 0. The van der Waals surface area contributed by atoms with E-state index in [1.54, 1.807) is 0 Å². The third-order valence-corrected chi connectivity index (χ3v) is 2.22. The normalized spacial score (nSPS) is 14.6. The minimum atomic E-state index is -3.45. The van der Waals surface area contributed by atoms with Crippen molar-refractivity contribution in [3.63, 3.8) is 0 Å². The van der Waals surface area contributed by atoms with Gasteiger partial charge in [0.05, 0.1) is 12.7 Å².